The van der Waals surface area contributed by atoms with Crippen molar-refractivity contribution < 1.29 is 19.0 Å². The van der Waals surface area contributed by atoms with Crippen LogP contribution in [0.1, 0.15) is 19.4 Å². The first-order chi connectivity index (χ1) is 10.5. The first-order valence-electron chi connectivity index (χ1n) is 6.91. The second-order valence-electron chi connectivity index (χ2n) is 5.09. The highest BCUT2D eigenvalue weighted by Crippen LogP contribution is 2.38. The van der Waals surface area contributed by atoms with E-state index < -0.39 is 0 Å². The minimum Gasteiger partial charge on any atom is -0.493 e. The summed E-state index contributed by atoms with van der Waals surface area (Å²) in [6.45, 7) is 3.95. The summed E-state index contributed by atoms with van der Waals surface area (Å²) >= 11 is 0. The van der Waals surface area contributed by atoms with Crippen molar-refractivity contribution in [1.82, 2.24) is 5.32 Å². The molecule has 6 nitrogen and oxygen atoms in total. The zero-order valence-corrected chi connectivity index (χ0v) is 13.4. The van der Waals surface area contributed by atoms with E-state index in [-0.39, 0.29) is 11.8 Å². The van der Waals surface area contributed by atoms with Crippen molar-refractivity contribution in [3.63, 3.8) is 0 Å². The Hall–Kier alpha value is -2.50. The van der Waals surface area contributed by atoms with Crippen LogP contribution >= 0.6 is 0 Å². The number of benzene rings is 1. The van der Waals surface area contributed by atoms with Gasteiger partial charge < -0.3 is 19.5 Å². The summed E-state index contributed by atoms with van der Waals surface area (Å²) in [4.78, 5) is 16.3. The Morgan fingerprint density at radius 1 is 1.09 bits per heavy atom. The standard InChI is InChI=1S/C16H20N2O4/c1-9(2)15-17-11(16(19)18-15)6-10-7-12(20-3)14(22-5)13(8-10)21-4/h6-9H,1-5H3,(H,17,18,19)/b11-6+. The van der Waals surface area contributed by atoms with E-state index in [1.165, 1.54) is 0 Å². The Labute approximate surface area is 129 Å². The van der Waals surface area contributed by atoms with E-state index in [0.29, 0.717) is 28.8 Å². The van der Waals surface area contributed by atoms with E-state index in [1.807, 2.05) is 13.8 Å². The van der Waals surface area contributed by atoms with E-state index in [2.05, 4.69) is 10.3 Å². The van der Waals surface area contributed by atoms with Crippen LogP contribution in [-0.4, -0.2) is 33.1 Å². The van der Waals surface area contributed by atoms with E-state index in [0.717, 1.165) is 5.56 Å². The maximum atomic E-state index is 11.9. The number of amides is 1. The Kier molecular flexibility index (Phi) is 4.70. The van der Waals surface area contributed by atoms with E-state index in [9.17, 15) is 4.79 Å². The van der Waals surface area contributed by atoms with Crippen LogP contribution in [0.4, 0.5) is 0 Å². The average molecular weight is 304 g/mol. The van der Waals surface area contributed by atoms with Crippen molar-refractivity contribution in [2.45, 2.75) is 13.8 Å². The highest BCUT2D eigenvalue weighted by Gasteiger charge is 2.22. The molecule has 0 unspecified atom stereocenters. The molecule has 0 saturated carbocycles. The quantitative estimate of drug-likeness (QED) is 0.847. The molecule has 0 aromatic heterocycles. The molecule has 22 heavy (non-hydrogen) atoms. The van der Waals surface area contributed by atoms with Crippen LogP contribution < -0.4 is 19.5 Å². The van der Waals surface area contributed by atoms with Crippen molar-refractivity contribution in [3.8, 4) is 17.2 Å². The van der Waals surface area contributed by atoms with E-state index >= 15 is 0 Å². The number of hydrogen-bond donors (Lipinski definition) is 1. The van der Waals surface area contributed by atoms with E-state index in [4.69, 9.17) is 14.2 Å². The molecule has 0 radical (unpaired) electrons. The molecule has 0 spiro atoms. The maximum Gasteiger partial charge on any atom is 0.275 e. The minimum atomic E-state index is -0.211. The van der Waals surface area contributed by atoms with E-state index in [1.54, 1.807) is 39.5 Å². The molecule has 1 aromatic rings. The van der Waals surface area contributed by atoms with Crippen molar-refractivity contribution in [2.75, 3.05) is 21.3 Å². The summed E-state index contributed by atoms with van der Waals surface area (Å²) in [6, 6.07) is 3.54. The van der Waals surface area contributed by atoms with Crippen molar-refractivity contribution in [3.05, 3.63) is 23.4 Å². The summed E-state index contributed by atoms with van der Waals surface area (Å²) in [5.74, 6) is 2.19. The number of nitrogens with zero attached hydrogens (tertiary/aromatic N) is 1. The van der Waals surface area contributed by atoms with Crippen LogP contribution in [-0.2, 0) is 4.79 Å². The highest BCUT2D eigenvalue weighted by molar-refractivity contribution is 6.14. The second-order valence-corrected chi connectivity index (χ2v) is 5.09. The van der Waals surface area contributed by atoms with Crippen LogP contribution in [0, 0.1) is 5.92 Å². The highest BCUT2D eigenvalue weighted by atomic mass is 16.5. The first-order valence-corrected chi connectivity index (χ1v) is 6.91. The third-order valence-corrected chi connectivity index (χ3v) is 3.25. The summed E-state index contributed by atoms with van der Waals surface area (Å²) in [5, 5.41) is 2.76. The molecular formula is C16H20N2O4. The number of hydrogen-bond acceptors (Lipinski definition) is 5. The van der Waals surface area contributed by atoms with Gasteiger partial charge in [0, 0.05) is 5.92 Å². The molecule has 6 heteroatoms. The topological polar surface area (TPSA) is 69.2 Å². The maximum absolute atomic E-state index is 11.9. The molecule has 0 atom stereocenters. The largest absolute Gasteiger partial charge is 0.493 e. The van der Waals surface area contributed by atoms with Crippen LogP contribution in [0.2, 0.25) is 0 Å². The molecule has 1 aliphatic rings. The molecule has 118 valence electrons. The lowest BCUT2D eigenvalue weighted by atomic mass is 10.1. The van der Waals surface area contributed by atoms with Crippen molar-refractivity contribution in [1.29, 1.82) is 0 Å². The number of amidine groups is 1. The van der Waals surface area contributed by atoms with Crippen LogP contribution in [0.5, 0.6) is 17.2 Å². The Morgan fingerprint density at radius 2 is 1.68 bits per heavy atom. The third kappa shape index (κ3) is 3.05. The van der Waals surface area contributed by atoms with Gasteiger partial charge in [-0.2, -0.15) is 0 Å². The summed E-state index contributed by atoms with van der Waals surface area (Å²) < 4.78 is 15.9. The molecule has 1 aliphatic heterocycles. The third-order valence-electron chi connectivity index (χ3n) is 3.25. The van der Waals surface area contributed by atoms with Crippen LogP contribution in [0.25, 0.3) is 6.08 Å². The zero-order chi connectivity index (χ0) is 16.3. The predicted octanol–water partition coefficient (Wildman–Crippen LogP) is 2.24. The van der Waals surface area contributed by atoms with Gasteiger partial charge in [0.1, 0.15) is 11.5 Å². The fourth-order valence-corrected chi connectivity index (χ4v) is 2.10. The normalized spacial score (nSPS) is 15.8. The van der Waals surface area contributed by atoms with Crippen molar-refractivity contribution in [2.24, 2.45) is 10.9 Å². The number of carbonyl (C=O) groups is 1. The summed E-state index contributed by atoms with van der Waals surface area (Å²) in [6.07, 6.45) is 1.69. The van der Waals surface area contributed by atoms with Gasteiger partial charge in [-0.1, -0.05) is 13.8 Å². The molecular weight excluding hydrogens is 284 g/mol. The number of aliphatic imine (C=N–C) groups is 1. The molecule has 0 fully saturated rings. The SMILES string of the molecule is COc1cc(/C=C2/N=C(C(C)C)NC2=O)cc(OC)c1OC. The molecule has 1 aromatic carbocycles. The Morgan fingerprint density at radius 3 is 2.09 bits per heavy atom. The van der Waals surface area contributed by atoms with Gasteiger partial charge in [0.05, 0.1) is 21.3 Å². The molecule has 0 bridgehead atoms. The lowest BCUT2D eigenvalue weighted by Gasteiger charge is -2.12. The fraction of sp³-hybridized carbons (Fsp3) is 0.375. The summed E-state index contributed by atoms with van der Waals surface area (Å²) in [5.41, 5.74) is 1.10. The Bertz CT molecular complexity index is 623. The average Bonchev–Trinajstić information content (AvgIpc) is 2.87. The second kappa shape index (κ2) is 6.51. The van der Waals surface area contributed by atoms with Gasteiger partial charge in [0.25, 0.3) is 5.91 Å². The zero-order valence-electron chi connectivity index (χ0n) is 13.4. The van der Waals surface area contributed by atoms with Gasteiger partial charge >= 0.3 is 0 Å². The van der Waals surface area contributed by atoms with Crippen LogP contribution in [0.3, 0.4) is 0 Å². The first kappa shape index (κ1) is 15.9. The monoisotopic (exact) mass is 304 g/mol. The molecule has 1 amide bonds. The number of ether oxygens (including phenoxy) is 3. The smallest absolute Gasteiger partial charge is 0.275 e. The fourth-order valence-electron chi connectivity index (χ4n) is 2.10. The van der Waals surface area contributed by atoms with Gasteiger partial charge in [-0.3, -0.25) is 4.79 Å². The number of rotatable bonds is 5. The molecule has 1 N–H and O–H groups in total. The summed E-state index contributed by atoms with van der Waals surface area (Å²) in [7, 11) is 4.64. The van der Waals surface area contributed by atoms with Crippen molar-refractivity contribution >= 4 is 17.8 Å². The predicted molar refractivity (Wildman–Crippen MR) is 84.5 cm³/mol. The minimum absolute atomic E-state index is 0.162. The lowest BCUT2D eigenvalue weighted by Crippen LogP contribution is -2.27. The number of carbonyl (C=O) groups excluding carboxylic acids is 1. The molecule has 1 heterocycles. The van der Waals surface area contributed by atoms with Gasteiger partial charge in [-0.25, -0.2) is 4.99 Å². The number of nitrogens with one attached hydrogen (secondary N) is 1. The molecule has 0 saturated heterocycles. The Balaban J connectivity index is 2.45. The number of methoxy groups -OCH3 is 3. The van der Waals surface area contributed by atoms with Gasteiger partial charge in [-0.05, 0) is 23.8 Å². The van der Waals surface area contributed by atoms with Gasteiger partial charge in [-0.15, -0.1) is 0 Å². The van der Waals surface area contributed by atoms with Crippen LogP contribution in [0.15, 0.2) is 22.8 Å². The van der Waals surface area contributed by atoms with Gasteiger partial charge in [0.15, 0.2) is 11.5 Å². The molecule has 2 rings (SSSR count). The van der Waals surface area contributed by atoms with Gasteiger partial charge in [0.2, 0.25) is 5.75 Å². The molecule has 0 aliphatic carbocycles. The lowest BCUT2D eigenvalue weighted by molar-refractivity contribution is -0.115.